The van der Waals surface area contributed by atoms with Gasteiger partial charge in [-0.3, -0.25) is 41.0 Å². The number of hydrogen-bond acceptors (Lipinski definition) is 41. The molecule has 19 N–H and O–H groups in total. The Bertz CT molecular complexity index is 3770. The van der Waals surface area contributed by atoms with E-state index in [1.807, 2.05) is 0 Å². The third-order valence-electron chi connectivity index (χ3n) is 12.6. The van der Waals surface area contributed by atoms with Gasteiger partial charge in [0.15, 0.2) is 49.8 Å². The lowest BCUT2D eigenvalue weighted by Crippen LogP contribution is -2.71. The number of ether oxygens (including phenoxy) is 10. The number of aliphatic hydroxyl groups is 5. The van der Waals surface area contributed by atoms with Crippen LogP contribution in [-0.4, -0.2) is 345 Å². The van der Waals surface area contributed by atoms with E-state index in [1.54, 1.807) is 0 Å². The SMILES string of the molecule is COC1OC(COS(=O)(=O)O)C(OC2OC(C(=O)O)C(OC3OC(COS(=O)(=O)O)C(OC4OC(C(=O)O)C(OC5OC(COS(=O)(=O)O)C(O)C(O)C5NS(=O)(=O)O)C(O)C4O)C(OS(=O)(=O)O)C3NS(=O)(=O)O)C(O)C2OS(=O)(=O)O)C(OS(=O)(=O)O)C1NS(=O)(=O)O. The van der Waals surface area contributed by atoms with Crippen LogP contribution in [0.4, 0.5) is 0 Å². The van der Waals surface area contributed by atoms with Gasteiger partial charge in [0.1, 0.15) is 104 Å². The van der Waals surface area contributed by atoms with E-state index in [2.05, 4.69) is 25.1 Å². The van der Waals surface area contributed by atoms with Gasteiger partial charge < -0.3 is 83.1 Å². The van der Waals surface area contributed by atoms with E-state index in [9.17, 15) is 158 Å². The van der Waals surface area contributed by atoms with Crippen molar-refractivity contribution in [3.8, 4) is 0 Å². The van der Waals surface area contributed by atoms with Crippen LogP contribution in [0.2, 0.25) is 0 Å². The van der Waals surface area contributed by atoms with Crippen molar-refractivity contribution in [2.45, 2.75) is 153 Å². The van der Waals surface area contributed by atoms with Crippen molar-refractivity contribution >= 4 is 105 Å². The molecule has 0 amide bonds. The molecule has 0 aliphatic carbocycles. The molecule has 5 saturated heterocycles. The fourth-order valence-corrected chi connectivity index (χ4v) is 13.4. The average molecular weight is 1590 g/mol. The summed E-state index contributed by atoms with van der Waals surface area (Å²) in [5.74, 6) is -5.04. The highest BCUT2D eigenvalue weighted by Gasteiger charge is 2.62. The highest BCUT2D eigenvalue weighted by molar-refractivity contribution is 7.84. The second-order valence-corrected chi connectivity index (χ2v) is 29.2. The topological polar surface area (TPSA) is 849 Å². The summed E-state index contributed by atoms with van der Waals surface area (Å²) >= 11 is 0. The van der Waals surface area contributed by atoms with Gasteiger partial charge >= 0.3 is 105 Å². The van der Waals surface area contributed by atoms with Gasteiger partial charge in [0.25, 0.3) is 0 Å². The number of carboxylic acids is 2. The summed E-state index contributed by atoms with van der Waals surface area (Å²) in [6, 6.07) is -8.60. The number of hydrogen-bond donors (Lipinski definition) is 19. The molecule has 5 heterocycles. The zero-order valence-corrected chi connectivity index (χ0v) is 52.9. The van der Waals surface area contributed by atoms with E-state index in [-0.39, 0.29) is 0 Å². The maximum Gasteiger partial charge on any atom is 0.397 e. The predicted octanol–water partition coefficient (Wildman–Crippen LogP) is -13.9. The minimum Gasteiger partial charge on any atom is -0.479 e. The maximum absolute atomic E-state index is 13.1. The minimum atomic E-state index is -6.41. The second kappa shape index (κ2) is 31.2. The van der Waals surface area contributed by atoms with Crippen molar-refractivity contribution in [2.24, 2.45) is 0 Å². The number of carbonyl (C=O) groups is 2. The number of rotatable bonds is 32. The van der Waals surface area contributed by atoms with Crippen LogP contribution < -0.4 is 14.2 Å². The van der Waals surface area contributed by atoms with Crippen LogP contribution in [0, 0.1) is 0 Å². The van der Waals surface area contributed by atoms with Crippen molar-refractivity contribution in [2.75, 3.05) is 26.9 Å². The first-order valence-electron chi connectivity index (χ1n) is 24.2. The zero-order chi connectivity index (χ0) is 72.6. The Morgan fingerprint density at radius 3 is 1.03 bits per heavy atom. The Balaban J connectivity index is 1.63. The Labute approximate surface area is 531 Å². The maximum atomic E-state index is 13.1. The van der Waals surface area contributed by atoms with Crippen molar-refractivity contribution in [3.63, 3.8) is 0 Å². The molecule has 5 fully saturated rings. The van der Waals surface area contributed by atoms with E-state index in [0.717, 1.165) is 4.72 Å². The molecule has 5 aliphatic rings. The molecule has 0 aromatic rings. The minimum absolute atomic E-state index is 0.608. The summed E-state index contributed by atoms with van der Waals surface area (Å²) in [6.07, 6.45) is -66.1. The monoisotopic (exact) mass is 1590 g/mol. The molecule has 0 aromatic carbocycles. The molecule has 5 rings (SSSR count). The van der Waals surface area contributed by atoms with Gasteiger partial charge in [0, 0.05) is 7.11 Å². The molecule has 64 heteroatoms. The Kier molecular flexibility index (Phi) is 27.2. The summed E-state index contributed by atoms with van der Waals surface area (Å²) < 4.78 is 386. The van der Waals surface area contributed by atoms with Crippen molar-refractivity contribution < 1.29 is 235 Å². The number of aliphatic carboxylic acids is 2. The predicted molar refractivity (Wildman–Crippen MR) is 272 cm³/mol. The summed E-state index contributed by atoms with van der Waals surface area (Å²) in [4.78, 5) is 25.9. The molecule has 0 spiro atoms. The fourth-order valence-electron chi connectivity index (χ4n) is 9.22. The largest absolute Gasteiger partial charge is 0.479 e. The molecule has 0 saturated carbocycles. The van der Waals surface area contributed by atoms with E-state index in [4.69, 9.17) is 51.9 Å². The molecule has 95 heavy (non-hydrogen) atoms. The summed E-state index contributed by atoms with van der Waals surface area (Å²) in [5, 5.41) is 76.7. The summed E-state index contributed by atoms with van der Waals surface area (Å²) in [5.41, 5.74) is 0. The lowest BCUT2D eigenvalue weighted by Gasteiger charge is -2.50. The standard InChI is InChI=1S/C31H53N3O52S9/c1-71-27-9(33-88(47,48)49)18(84-93(62,63)64)17(6(76-27)3-73-91(56,57)58)79-31-22(86-95(68,69)70)15(39)21(24(83-31)26(42)43)81-29-10(34-89(50,51)52)19(85-94(65,66)67)16(7(77-29)4-74-92(59,60)61)78-30-14(38)13(37)20(23(82-30)25(40)41)80-28-8(32-87(44,45)46)12(36)11(35)5(75-28)2-72-90(53,54)55/h5-24,27-39H,2-4H2,1H3,(H,40,41)(H,42,43)(H,44,45,46)(H,47,48,49)(H,50,51,52)(H,53,54,55)(H,56,57,58)(H,59,60,61)(H,62,63,64)(H,65,66,67)(H,68,69,70). The van der Waals surface area contributed by atoms with E-state index < -0.39 is 278 Å². The van der Waals surface area contributed by atoms with E-state index >= 15 is 0 Å². The van der Waals surface area contributed by atoms with Gasteiger partial charge in [-0.2, -0.15) is 89.9 Å². The van der Waals surface area contributed by atoms with Crippen LogP contribution in [0.15, 0.2) is 0 Å². The molecule has 5 aliphatic heterocycles. The molecule has 558 valence electrons. The first-order chi connectivity index (χ1) is 42.8. The van der Waals surface area contributed by atoms with Gasteiger partial charge in [-0.1, -0.05) is 0 Å². The lowest BCUT2D eigenvalue weighted by atomic mass is 9.94. The molecule has 25 atom stereocenters. The Morgan fingerprint density at radius 1 is 0.337 bits per heavy atom. The Hall–Kier alpha value is -2.83. The Morgan fingerprint density at radius 2 is 0.653 bits per heavy atom. The third-order valence-corrected chi connectivity index (χ3v) is 17.0. The van der Waals surface area contributed by atoms with Crippen molar-refractivity contribution in [3.05, 3.63) is 0 Å². The van der Waals surface area contributed by atoms with Gasteiger partial charge in [-0.15, -0.1) is 0 Å². The molecule has 55 nitrogen and oxygen atoms in total. The van der Waals surface area contributed by atoms with Crippen LogP contribution in [0.3, 0.4) is 0 Å². The quantitative estimate of drug-likeness (QED) is 0.0278. The number of nitrogens with one attached hydrogen (secondary N) is 3. The second-order valence-electron chi connectivity index (χ2n) is 19.2. The third kappa shape index (κ3) is 24.7. The highest BCUT2D eigenvalue weighted by Crippen LogP contribution is 2.39. The van der Waals surface area contributed by atoms with Crippen molar-refractivity contribution in [1.29, 1.82) is 0 Å². The van der Waals surface area contributed by atoms with E-state index in [0.29, 0.717) is 7.11 Å². The van der Waals surface area contributed by atoms with Crippen LogP contribution in [-0.2, 0) is 175 Å². The highest BCUT2D eigenvalue weighted by atomic mass is 32.3. The number of carboxylic acid groups (broad SMARTS) is 2. The van der Waals surface area contributed by atoms with Crippen LogP contribution in [0.5, 0.6) is 0 Å². The van der Waals surface area contributed by atoms with Crippen LogP contribution >= 0.6 is 0 Å². The lowest BCUT2D eigenvalue weighted by molar-refractivity contribution is -0.372. The molecule has 25 unspecified atom stereocenters. The molecular formula is C31H53N3O52S9. The van der Waals surface area contributed by atoms with Gasteiger partial charge in [-0.25, -0.2) is 34.7 Å². The van der Waals surface area contributed by atoms with Crippen LogP contribution in [0.1, 0.15) is 0 Å². The first kappa shape index (κ1) is 82.8. The normalized spacial score (nSPS) is 37.7. The van der Waals surface area contributed by atoms with Crippen LogP contribution in [0.25, 0.3) is 0 Å². The number of methoxy groups -OCH3 is 1. The van der Waals surface area contributed by atoms with E-state index in [1.165, 1.54) is 9.44 Å². The molecule has 0 bridgehead atoms. The summed E-state index contributed by atoms with van der Waals surface area (Å²) in [6.45, 7) is -5.33. The number of aliphatic hydroxyl groups excluding tert-OH is 5. The average Bonchev–Trinajstić information content (AvgIpc) is 0.764. The molecular weight excluding hydrogens is 1530 g/mol. The van der Waals surface area contributed by atoms with Gasteiger partial charge in [-0.05, 0) is 0 Å². The molecule has 0 radical (unpaired) electrons. The fraction of sp³-hybridized carbons (Fsp3) is 0.935. The van der Waals surface area contributed by atoms with Gasteiger partial charge in [0.2, 0.25) is 0 Å². The molecule has 0 aromatic heterocycles. The van der Waals surface area contributed by atoms with Crippen molar-refractivity contribution in [1.82, 2.24) is 14.2 Å². The summed E-state index contributed by atoms with van der Waals surface area (Å²) in [7, 11) is -52.9. The smallest absolute Gasteiger partial charge is 0.397 e. The first-order valence-corrected chi connectivity index (χ1v) is 36.7. The van der Waals surface area contributed by atoms with Gasteiger partial charge in [0.05, 0.1) is 19.8 Å². The zero-order valence-electron chi connectivity index (χ0n) is 45.6.